The monoisotopic (exact) mass is 516 g/mol. The highest BCUT2D eigenvalue weighted by molar-refractivity contribution is 14.1. The molecule has 0 unspecified atom stereocenters. The SMILES string of the molecule is O=C(Oc1ccc([SH](c2ccccc2)c2ccccc2)cc1)c1ccc(I)s1. The van der Waals surface area contributed by atoms with E-state index in [4.69, 9.17) is 4.74 Å². The molecule has 1 aromatic heterocycles. The maximum atomic E-state index is 12.3. The zero-order chi connectivity index (χ0) is 19.3. The van der Waals surface area contributed by atoms with E-state index in [0.717, 1.165) is 2.88 Å². The summed E-state index contributed by atoms with van der Waals surface area (Å²) in [7, 11) is -0.659. The molecule has 0 fully saturated rings. The normalized spacial score (nSPS) is 11.1. The fourth-order valence-corrected chi connectivity index (χ4v) is 6.63. The van der Waals surface area contributed by atoms with Crippen molar-refractivity contribution in [3.8, 4) is 5.75 Å². The molecular formula is C23H17IO2S2. The first-order chi connectivity index (χ1) is 13.7. The first kappa shape index (κ1) is 19.2. The molecule has 0 saturated carbocycles. The second-order valence-electron chi connectivity index (χ2n) is 5.99. The van der Waals surface area contributed by atoms with E-state index >= 15 is 0 Å². The first-order valence-corrected chi connectivity index (χ1v) is 11.9. The number of halogens is 1. The Bertz CT molecular complexity index is 1020. The summed E-state index contributed by atoms with van der Waals surface area (Å²) in [6.45, 7) is 0. The molecule has 0 saturated heterocycles. The van der Waals surface area contributed by atoms with Crippen LogP contribution in [0.25, 0.3) is 0 Å². The molecule has 2 nitrogen and oxygen atoms in total. The summed E-state index contributed by atoms with van der Waals surface area (Å²) in [4.78, 5) is 16.7. The van der Waals surface area contributed by atoms with Gasteiger partial charge in [-0.15, -0.1) is 11.3 Å². The van der Waals surface area contributed by atoms with E-state index in [1.807, 2.05) is 30.3 Å². The van der Waals surface area contributed by atoms with Crippen LogP contribution in [0.1, 0.15) is 9.67 Å². The minimum Gasteiger partial charge on any atom is -0.422 e. The molecule has 3 aromatic carbocycles. The van der Waals surface area contributed by atoms with Gasteiger partial charge in [-0.1, -0.05) is 36.4 Å². The molecule has 0 bridgehead atoms. The van der Waals surface area contributed by atoms with Gasteiger partial charge in [0, 0.05) is 0 Å². The van der Waals surface area contributed by atoms with Crippen molar-refractivity contribution in [2.75, 3.05) is 0 Å². The number of hydrogen-bond donors (Lipinski definition) is 1. The molecule has 0 amide bonds. The minimum absolute atomic E-state index is 0.311. The second kappa shape index (κ2) is 8.94. The van der Waals surface area contributed by atoms with Crippen molar-refractivity contribution in [2.45, 2.75) is 14.7 Å². The van der Waals surface area contributed by atoms with Crippen LogP contribution in [0.4, 0.5) is 0 Å². The Morgan fingerprint density at radius 3 is 1.75 bits per heavy atom. The summed E-state index contributed by atoms with van der Waals surface area (Å²) in [5.74, 6) is 0.252. The molecule has 0 aliphatic rings. The van der Waals surface area contributed by atoms with Crippen LogP contribution in [-0.4, -0.2) is 5.97 Å². The zero-order valence-corrected chi connectivity index (χ0v) is 18.7. The maximum absolute atomic E-state index is 12.3. The average Bonchev–Trinajstić information content (AvgIpc) is 3.18. The van der Waals surface area contributed by atoms with Crippen LogP contribution in [0.5, 0.6) is 5.75 Å². The fourth-order valence-electron chi connectivity index (χ4n) is 2.85. The molecule has 0 N–H and O–H groups in total. The van der Waals surface area contributed by atoms with Crippen molar-refractivity contribution < 1.29 is 9.53 Å². The molecular weight excluding hydrogens is 499 g/mol. The minimum atomic E-state index is -0.659. The zero-order valence-electron chi connectivity index (χ0n) is 14.8. The molecule has 1 heterocycles. The molecule has 5 heteroatoms. The largest absolute Gasteiger partial charge is 0.422 e. The Labute approximate surface area is 184 Å². The third kappa shape index (κ3) is 4.48. The van der Waals surface area contributed by atoms with E-state index in [0.29, 0.717) is 10.6 Å². The highest BCUT2D eigenvalue weighted by atomic mass is 127. The van der Waals surface area contributed by atoms with Gasteiger partial charge < -0.3 is 4.74 Å². The van der Waals surface area contributed by atoms with Gasteiger partial charge in [-0.3, -0.25) is 0 Å². The molecule has 4 aromatic rings. The third-order valence-electron chi connectivity index (χ3n) is 4.11. The maximum Gasteiger partial charge on any atom is 0.353 e. The van der Waals surface area contributed by atoms with Crippen LogP contribution < -0.4 is 4.74 Å². The van der Waals surface area contributed by atoms with Gasteiger partial charge in [-0.05, 0) is 97.9 Å². The Kier molecular flexibility index (Phi) is 6.14. The van der Waals surface area contributed by atoms with Crippen LogP contribution in [0, 0.1) is 2.88 Å². The highest BCUT2D eigenvalue weighted by Gasteiger charge is 2.14. The Morgan fingerprint density at radius 1 is 0.714 bits per heavy atom. The summed E-state index contributed by atoms with van der Waals surface area (Å²) in [5.41, 5.74) is 0. The predicted octanol–water partition coefficient (Wildman–Crippen LogP) is 7.05. The van der Waals surface area contributed by atoms with E-state index in [2.05, 4.69) is 83.3 Å². The molecule has 0 spiro atoms. The average molecular weight is 516 g/mol. The van der Waals surface area contributed by atoms with Gasteiger partial charge >= 0.3 is 5.97 Å². The number of carbonyl (C=O) groups is 1. The molecule has 140 valence electrons. The molecule has 4 rings (SSSR count). The van der Waals surface area contributed by atoms with E-state index in [-0.39, 0.29) is 5.97 Å². The molecule has 0 atom stereocenters. The van der Waals surface area contributed by atoms with Crippen LogP contribution in [0.2, 0.25) is 0 Å². The number of rotatable bonds is 5. The molecule has 28 heavy (non-hydrogen) atoms. The first-order valence-electron chi connectivity index (χ1n) is 8.68. The molecule has 0 aliphatic heterocycles. The molecule has 0 aliphatic carbocycles. The van der Waals surface area contributed by atoms with Gasteiger partial charge in [0.15, 0.2) is 0 Å². The van der Waals surface area contributed by atoms with Gasteiger partial charge in [0.25, 0.3) is 0 Å². The van der Waals surface area contributed by atoms with E-state index in [1.54, 1.807) is 6.07 Å². The lowest BCUT2D eigenvalue weighted by Gasteiger charge is -2.23. The predicted molar refractivity (Wildman–Crippen MR) is 125 cm³/mol. The number of ether oxygens (including phenoxy) is 1. The van der Waals surface area contributed by atoms with E-state index in [1.165, 1.54) is 26.0 Å². The van der Waals surface area contributed by atoms with Gasteiger partial charge in [0.1, 0.15) is 10.6 Å². The van der Waals surface area contributed by atoms with Gasteiger partial charge in [-0.25, -0.2) is 4.79 Å². The number of benzene rings is 3. The van der Waals surface area contributed by atoms with Crippen molar-refractivity contribution in [2.24, 2.45) is 0 Å². The number of thiol groups is 1. The van der Waals surface area contributed by atoms with Crippen LogP contribution in [0.3, 0.4) is 0 Å². The number of carbonyl (C=O) groups excluding carboxylic acids is 1. The van der Waals surface area contributed by atoms with Crippen molar-refractivity contribution in [3.63, 3.8) is 0 Å². The Balaban J connectivity index is 1.61. The quantitative estimate of drug-likeness (QED) is 0.133. The van der Waals surface area contributed by atoms with Crippen LogP contribution in [0.15, 0.2) is 112 Å². The summed E-state index contributed by atoms with van der Waals surface area (Å²) in [6.07, 6.45) is 0. The highest BCUT2D eigenvalue weighted by Crippen LogP contribution is 2.51. The molecule has 0 radical (unpaired) electrons. The Morgan fingerprint density at radius 2 is 1.25 bits per heavy atom. The standard InChI is InChI=1S/C23H17IO2S2/c24-22-16-15-21(27-22)23(25)26-17-11-13-20(14-12-17)28(18-7-3-1-4-8-18)19-9-5-2-6-10-19/h1-16,28H. The topological polar surface area (TPSA) is 26.3 Å². The van der Waals surface area contributed by atoms with E-state index < -0.39 is 10.9 Å². The summed E-state index contributed by atoms with van der Waals surface area (Å²) < 4.78 is 6.60. The van der Waals surface area contributed by atoms with Crippen molar-refractivity contribution in [1.82, 2.24) is 0 Å². The summed E-state index contributed by atoms with van der Waals surface area (Å²) in [6, 6.07) is 32.7. The van der Waals surface area contributed by atoms with Crippen molar-refractivity contribution >= 4 is 50.8 Å². The van der Waals surface area contributed by atoms with Gasteiger partial charge in [-0.2, -0.15) is 10.9 Å². The van der Waals surface area contributed by atoms with Crippen LogP contribution >= 0.6 is 44.8 Å². The van der Waals surface area contributed by atoms with Crippen molar-refractivity contribution in [1.29, 1.82) is 0 Å². The number of esters is 1. The lowest BCUT2D eigenvalue weighted by molar-refractivity contribution is 0.0740. The van der Waals surface area contributed by atoms with Crippen LogP contribution in [-0.2, 0) is 0 Å². The lowest BCUT2D eigenvalue weighted by atomic mass is 10.3. The van der Waals surface area contributed by atoms with Crippen molar-refractivity contribution in [3.05, 3.63) is 105 Å². The second-order valence-corrected chi connectivity index (χ2v) is 11.2. The lowest BCUT2D eigenvalue weighted by Crippen LogP contribution is -2.06. The van der Waals surface area contributed by atoms with E-state index in [9.17, 15) is 4.79 Å². The van der Waals surface area contributed by atoms with Gasteiger partial charge in [0.05, 0.1) is 2.88 Å². The summed E-state index contributed by atoms with van der Waals surface area (Å²) >= 11 is 3.63. The fraction of sp³-hybridized carbons (Fsp3) is 0. The number of thiophene rings is 1. The summed E-state index contributed by atoms with van der Waals surface area (Å²) in [5, 5.41) is 0. The smallest absolute Gasteiger partial charge is 0.353 e. The number of hydrogen-bond acceptors (Lipinski definition) is 3. The third-order valence-corrected chi connectivity index (χ3v) is 8.43. The Hall–Kier alpha value is -2.09. The van der Waals surface area contributed by atoms with Gasteiger partial charge in [0.2, 0.25) is 0 Å².